The maximum Gasteiger partial charge on any atom is 0.126 e. The van der Waals surface area contributed by atoms with Crippen LogP contribution in [0.5, 0.6) is 0 Å². The summed E-state index contributed by atoms with van der Waals surface area (Å²) in [7, 11) is 1.66. The zero-order valence-corrected chi connectivity index (χ0v) is 13.9. The lowest BCUT2D eigenvalue weighted by Crippen LogP contribution is -2.23. The first kappa shape index (κ1) is 18.7. The Morgan fingerprint density at radius 1 is 1.36 bits per heavy atom. The van der Waals surface area contributed by atoms with E-state index in [-0.39, 0.29) is 11.9 Å². The van der Waals surface area contributed by atoms with Crippen molar-refractivity contribution in [3.8, 4) is 0 Å². The fourth-order valence-corrected chi connectivity index (χ4v) is 2.28. The zero-order chi connectivity index (χ0) is 16.4. The van der Waals surface area contributed by atoms with E-state index in [0.717, 1.165) is 37.0 Å². The number of allylic oxidation sites excluding steroid dienone is 1. The van der Waals surface area contributed by atoms with Crippen molar-refractivity contribution in [1.82, 2.24) is 0 Å². The van der Waals surface area contributed by atoms with Gasteiger partial charge in [-0.05, 0) is 55.9 Å². The van der Waals surface area contributed by atoms with Crippen LogP contribution in [0.25, 0.3) is 0 Å². The smallest absolute Gasteiger partial charge is 0.126 e. The van der Waals surface area contributed by atoms with Crippen LogP contribution in [0.2, 0.25) is 0 Å². The molecule has 0 fully saturated rings. The number of unbranched alkanes of at least 4 members (excludes halogenated alkanes) is 1. The second-order valence-corrected chi connectivity index (χ2v) is 5.46. The van der Waals surface area contributed by atoms with Gasteiger partial charge in [0, 0.05) is 6.61 Å². The molecule has 0 saturated carbocycles. The van der Waals surface area contributed by atoms with Crippen molar-refractivity contribution < 1.29 is 13.9 Å². The summed E-state index contributed by atoms with van der Waals surface area (Å²) in [5.41, 5.74) is 7.74. The highest BCUT2D eigenvalue weighted by molar-refractivity contribution is 5.23. The van der Waals surface area contributed by atoms with Gasteiger partial charge >= 0.3 is 0 Å². The van der Waals surface area contributed by atoms with E-state index >= 15 is 0 Å². The summed E-state index contributed by atoms with van der Waals surface area (Å²) in [5.74, 6) is 0.692. The molecule has 0 aromatic heterocycles. The average Bonchev–Trinajstić information content (AvgIpc) is 2.51. The van der Waals surface area contributed by atoms with Crippen LogP contribution in [-0.4, -0.2) is 19.8 Å². The van der Waals surface area contributed by atoms with Crippen molar-refractivity contribution in [2.24, 2.45) is 5.73 Å². The number of methoxy groups -OCH3 is 1. The molecule has 0 aliphatic heterocycles. The predicted molar refractivity (Wildman–Crippen MR) is 88.0 cm³/mol. The van der Waals surface area contributed by atoms with Gasteiger partial charge in [-0.3, -0.25) is 0 Å². The van der Waals surface area contributed by atoms with E-state index in [1.165, 1.54) is 6.07 Å². The van der Waals surface area contributed by atoms with E-state index in [1.54, 1.807) is 20.1 Å². The van der Waals surface area contributed by atoms with Gasteiger partial charge in [0.05, 0.1) is 19.8 Å². The SMILES string of the molecule is CC/C=C(\OC)C(N)CCCCOCc1ccc(F)c(C)c1. The number of halogens is 1. The number of ether oxygens (including phenoxy) is 2. The molecular weight excluding hydrogens is 281 g/mol. The summed E-state index contributed by atoms with van der Waals surface area (Å²) in [4.78, 5) is 0. The monoisotopic (exact) mass is 309 g/mol. The van der Waals surface area contributed by atoms with Gasteiger partial charge in [-0.15, -0.1) is 0 Å². The van der Waals surface area contributed by atoms with Crippen molar-refractivity contribution in [1.29, 1.82) is 0 Å². The van der Waals surface area contributed by atoms with Crippen LogP contribution in [0.3, 0.4) is 0 Å². The van der Waals surface area contributed by atoms with Crippen molar-refractivity contribution in [3.05, 3.63) is 47.0 Å². The summed E-state index contributed by atoms with van der Waals surface area (Å²) in [6.07, 6.45) is 5.79. The highest BCUT2D eigenvalue weighted by atomic mass is 19.1. The molecule has 2 N–H and O–H groups in total. The Morgan fingerprint density at radius 2 is 2.14 bits per heavy atom. The van der Waals surface area contributed by atoms with E-state index in [1.807, 2.05) is 12.1 Å². The van der Waals surface area contributed by atoms with Crippen LogP contribution in [0.1, 0.15) is 43.7 Å². The third-order valence-electron chi connectivity index (χ3n) is 3.55. The Morgan fingerprint density at radius 3 is 2.77 bits per heavy atom. The van der Waals surface area contributed by atoms with E-state index < -0.39 is 0 Å². The van der Waals surface area contributed by atoms with Crippen LogP contribution in [0.15, 0.2) is 30.0 Å². The summed E-state index contributed by atoms with van der Waals surface area (Å²) >= 11 is 0. The molecule has 1 aromatic carbocycles. The molecule has 0 heterocycles. The van der Waals surface area contributed by atoms with Gasteiger partial charge in [0.15, 0.2) is 0 Å². The van der Waals surface area contributed by atoms with Crippen molar-refractivity contribution in [2.75, 3.05) is 13.7 Å². The van der Waals surface area contributed by atoms with Gasteiger partial charge in [0.1, 0.15) is 11.6 Å². The highest BCUT2D eigenvalue weighted by Crippen LogP contribution is 2.12. The van der Waals surface area contributed by atoms with Crippen molar-refractivity contribution in [2.45, 2.75) is 52.2 Å². The molecule has 0 radical (unpaired) electrons. The third-order valence-corrected chi connectivity index (χ3v) is 3.55. The second-order valence-electron chi connectivity index (χ2n) is 5.46. The lowest BCUT2D eigenvalue weighted by atomic mass is 10.1. The molecule has 0 saturated heterocycles. The lowest BCUT2D eigenvalue weighted by Gasteiger charge is -2.14. The fraction of sp³-hybridized carbons (Fsp3) is 0.556. The minimum atomic E-state index is -0.174. The molecule has 0 amide bonds. The van der Waals surface area contributed by atoms with E-state index in [2.05, 4.69) is 6.92 Å². The molecule has 0 aliphatic rings. The van der Waals surface area contributed by atoms with E-state index in [0.29, 0.717) is 18.8 Å². The van der Waals surface area contributed by atoms with Crippen molar-refractivity contribution in [3.63, 3.8) is 0 Å². The predicted octanol–water partition coefficient (Wildman–Crippen LogP) is 4.09. The molecule has 124 valence electrons. The fourth-order valence-electron chi connectivity index (χ4n) is 2.28. The van der Waals surface area contributed by atoms with Gasteiger partial charge in [-0.1, -0.05) is 19.1 Å². The molecule has 1 unspecified atom stereocenters. The van der Waals surface area contributed by atoms with E-state index in [4.69, 9.17) is 15.2 Å². The molecule has 1 atom stereocenters. The van der Waals surface area contributed by atoms with Gasteiger partial charge in [0.2, 0.25) is 0 Å². The Kier molecular flexibility index (Phi) is 8.78. The Balaban J connectivity index is 2.17. The quantitative estimate of drug-likeness (QED) is 0.523. The largest absolute Gasteiger partial charge is 0.500 e. The normalized spacial score (nSPS) is 13.2. The summed E-state index contributed by atoms with van der Waals surface area (Å²) in [5, 5.41) is 0. The van der Waals surface area contributed by atoms with Crippen LogP contribution in [-0.2, 0) is 16.1 Å². The van der Waals surface area contributed by atoms with Gasteiger partial charge in [-0.25, -0.2) is 4.39 Å². The van der Waals surface area contributed by atoms with Gasteiger partial charge in [0.25, 0.3) is 0 Å². The van der Waals surface area contributed by atoms with Gasteiger partial charge < -0.3 is 15.2 Å². The number of aryl methyl sites for hydroxylation is 1. The minimum absolute atomic E-state index is 0.0373. The van der Waals surface area contributed by atoms with Gasteiger partial charge in [-0.2, -0.15) is 0 Å². The first-order valence-corrected chi connectivity index (χ1v) is 7.90. The third kappa shape index (κ3) is 6.58. The molecule has 1 aromatic rings. The first-order chi connectivity index (χ1) is 10.6. The van der Waals surface area contributed by atoms with Crippen LogP contribution in [0.4, 0.5) is 4.39 Å². The highest BCUT2D eigenvalue weighted by Gasteiger charge is 2.08. The molecule has 3 nitrogen and oxygen atoms in total. The minimum Gasteiger partial charge on any atom is -0.500 e. The molecule has 0 bridgehead atoms. The lowest BCUT2D eigenvalue weighted by molar-refractivity contribution is 0.116. The van der Waals surface area contributed by atoms with Crippen LogP contribution >= 0.6 is 0 Å². The first-order valence-electron chi connectivity index (χ1n) is 7.90. The number of nitrogens with two attached hydrogens (primary N) is 1. The topological polar surface area (TPSA) is 44.5 Å². The standard InChI is InChI=1S/C18H28FNO2/c1-4-7-18(21-3)17(20)8-5-6-11-22-13-15-9-10-16(19)14(2)12-15/h7,9-10,12,17H,4-6,8,11,13,20H2,1-3H3/b18-7-. The average molecular weight is 309 g/mol. The molecular formula is C18H28FNO2. The maximum atomic E-state index is 13.1. The van der Waals surface area contributed by atoms with E-state index in [9.17, 15) is 4.39 Å². The molecule has 0 aliphatic carbocycles. The Hall–Kier alpha value is -1.39. The number of rotatable bonds is 10. The molecule has 4 heteroatoms. The summed E-state index contributed by atoms with van der Waals surface area (Å²) < 4.78 is 24.1. The number of hydrogen-bond donors (Lipinski definition) is 1. The molecule has 0 spiro atoms. The van der Waals surface area contributed by atoms with Crippen molar-refractivity contribution >= 4 is 0 Å². The summed E-state index contributed by atoms with van der Waals surface area (Å²) in [6.45, 7) is 5.03. The Bertz CT molecular complexity index is 474. The summed E-state index contributed by atoms with van der Waals surface area (Å²) in [6, 6.07) is 5.04. The maximum absolute atomic E-state index is 13.1. The zero-order valence-electron chi connectivity index (χ0n) is 13.9. The van der Waals surface area contributed by atoms with Crippen LogP contribution in [0, 0.1) is 12.7 Å². The molecule has 22 heavy (non-hydrogen) atoms. The second kappa shape index (κ2) is 10.4. The molecule has 1 rings (SSSR count). The van der Waals surface area contributed by atoms with Crippen LogP contribution < -0.4 is 5.73 Å². The Labute approximate surface area is 133 Å². The number of benzene rings is 1. The number of hydrogen-bond acceptors (Lipinski definition) is 3.